The summed E-state index contributed by atoms with van der Waals surface area (Å²) in [4.78, 5) is 26.6. The number of H-pyrrole nitrogens is 1. The second-order valence-electron chi connectivity index (χ2n) is 3.73. The number of carboxylic acids is 1. The number of hydrogen-bond acceptors (Lipinski definition) is 4. The van der Waals surface area contributed by atoms with Crippen LogP contribution < -0.4 is 5.32 Å². The number of carbonyl (C=O) groups is 2. The van der Waals surface area contributed by atoms with Crippen molar-refractivity contribution in [3.05, 3.63) is 39.9 Å². The number of halogens is 1. The Bertz CT molecular complexity index is 653. The fourth-order valence-corrected chi connectivity index (χ4v) is 1.91. The third kappa shape index (κ3) is 3.16. The molecule has 0 atom stereocenters. The van der Waals surface area contributed by atoms with Crippen LogP contribution in [0, 0.1) is 6.92 Å². The molecule has 0 spiro atoms. The van der Waals surface area contributed by atoms with Crippen molar-refractivity contribution >= 4 is 33.5 Å². The molecule has 3 N–H and O–H groups in total. The quantitative estimate of drug-likeness (QED) is 0.798. The van der Waals surface area contributed by atoms with E-state index in [1.807, 2.05) is 0 Å². The molecule has 7 nitrogen and oxygen atoms in total. The van der Waals surface area contributed by atoms with Crippen molar-refractivity contribution in [3.63, 3.8) is 0 Å². The number of nitrogens with zero attached hydrogens (tertiary/aromatic N) is 2. The summed E-state index contributed by atoms with van der Waals surface area (Å²) >= 11 is 3.18. The van der Waals surface area contributed by atoms with Crippen molar-refractivity contribution in [2.24, 2.45) is 0 Å². The third-order valence-corrected chi connectivity index (χ3v) is 2.66. The van der Waals surface area contributed by atoms with E-state index in [2.05, 4.69) is 36.4 Å². The van der Waals surface area contributed by atoms with Crippen molar-refractivity contribution in [1.82, 2.24) is 15.2 Å². The first kappa shape index (κ1) is 13.2. The first-order valence-corrected chi connectivity index (χ1v) is 5.99. The average molecular weight is 325 g/mol. The van der Waals surface area contributed by atoms with Crippen molar-refractivity contribution < 1.29 is 14.7 Å². The highest BCUT2D eigenvalue weighted by atomic mass is 79.9. The fraction of sp³-hybridized carbons (Fsp3) is 0.0909. The molecule has 98 valence electrons. The number of aryl methyl sites for hydroxylation is 1. The van der Waals surface area contributed by atoms with E-state index in [-0.39, 0.29) is 11.4 Å². The predicted molar refractivity (Wildman–Crippen MR) is 70.2 cm³/mol. The Morgan fingerprint density at radius 2 is 2.11 bits per heavy atom. The lowest BCUT2D eigenvalue weighted by Crippen LogP contribution is -2.14. The van der Waals surface area contributed by atoms with E-state index in [4.69, 9.17) is 5.11 Å². The van der Waals surface area contributed by atoms with Gasteiger partial charge in [-0.05, 0) is 25.1 Å². The summed E-state index contributed by atoms with van der Waals surface area (Å²) in [5, 5.41) is 17.7. The molecule has 1 aromatic heterocycles. The van der Waals surface area contributed by atoms with Crippen molar-refractivity contribution in [1.29, 1.82) is 0 Å². The molecule has 8 heteroatoms. The zero-order chi connectivity index (χ0) is 14.0. The van der Waals surface area contributed by atoms with Crippen LogP contribution in [0.3, 0.4) is 0 Å². The molecule has 0 aliphatic carbocycles. The van der Waals surface area contributed by atoms with Gasteiger partial charge in [-0.25, -0.2) is 9.78 Å². The first-order chi connectivity index (χ1) is 8.95. The highest BCUT2D eigenvalue weighted by Gasteiger charge is 2.13. The molecular weight excluding hydrogens is 316 g/mol. The Balaban J connectivity index is 2.23. The molecule has 1 heterocycles. The van der Waals surface area contributed by atoms with E-state index < -0.39 is 11.9 Å². The summed E-state index contributed by atoms with van der Waals surface area (Å²) in [6, 6.07) is 4.38. The van der Waals surface area contributed by atoms with Gasteiger partial charge in [-0.3, -0.25) is 9.89 Å². The van der Waals surface area contributed by atoms with Gasteiger partial charge in [0.25, 0.3) is 5.91 Å². The van der Waals surface area contributed by atoms with Gasteiger partial charge in [-0.2, -0.15) is 0 Å². The zero-order valence-electron chi connectivity index (χ0n) is 9.77. The molecule has 2 aromatic rings. The van der Waals surface area contributed by atoms with E-state index in [0.717, 1.165) is 0 Å². The van der Waals surface area contributed by atoms with Crippen LogP contribution in [0.5, 0.6) is 0 Å². The van der Waals surface area contributed by atoms with Crippen LogP contribution in [-0.2, 0) is 0 Å². The molecule has 0 saturated heterocycles. The highest BCUT2D eigenvalue weighted by molar-refractivity contribution is 9.10. The Morgan fingerprint density at radius 3 is 2.68 bits per heavy atom. The lowest BCUT2D eigenvalue weighted by molar-refractivity contribution is 0.0696. The van der Waals surface area contributed by atoms with Crippen molar-refractivity contribution in [2.45, 2.75) is 6.92 Å². The molecule has 0 bridgehead atoms. The number of aromatic amines is 1. The van der Waals surface area contributed by atoms with Crippen LogP contribution in [0.15, 0.2) is 22.7 Å². The monoisotopic (exact) mass is 324 g/mol. The van der Waals surface area contributed by atoms with Crippen LogP contribution in [0.4, 0.5) is 5.69 Å². The Kier molecular flexibility index (Phi) is 3.61. The Hall–Kier alpha value is -2.22. The summed E-state index contributed by atoms with van der Waals surface area (Å²) in [5.41, 5.74) is 0.412. The number of hydrogen-bond donors (Lipinski definition) is 3. The standard InChI is InChI=1S/C11H9BrN4O3/c1-5-13-9(16-15-5)10(17)14-8-3-6(11(18)19)2-7(12)4-8/h2-4H,1H3,(H,14,17)(H,18,19)(H,13,15,16). The summed E-state index contributed by atoms with van der Waals surface area (Å²) in [7, 11) is 0. The number of rotatable bonds is 3. The third-order valence-electron chi connectivity index (χ3n) is 2.20. The number of carboxylic acid groups (broad SMARTS) is 1. The van der Waals surface area contributed by atoms with E-state index in [0.29, 0.717) is 16.0 Å². The normalized spacial score (nSPS) is 10.2. The second kappa shape index (κ2) is 5.19. The van der Waals surface area contributed by atoms with Gasteiger partial charge in [0.1, 0.15) is 5.82 Å². The maximum Gasteiger partial charge on any atom is 0.335 e. The number of amides is 1. The van der Waals surface area contributed by atoms with Gasteiger partial charge in [0.15, 0.2) is 0 Å². The fourth-order valence-electron chi connectivity index (χ4n) is 1.42. The van der Waals surface area contributed by atoms with E-state index in [1.165, 1.54) is 12.1 Å². The van der Waals surface area contributed by atoms with Gasteiger partial charge in [-0.15, -0.1) is 5.10 Å². The predicted octanol–water partition coefficient (Wildman–Crippen LogP) is 1.83. The van der Waals surface area contributed by atoms with Crippen LogP contribution in [0.2, 0.25) is 0 Å². The van der Waals surface area contributed by atoms with Gasteiger partial charge >= 0.3 is 5.97 Å². The van der Waals surface area contributed by atoms with Crippen LogP contribution in [0.25, 0.3) is 0 Å². The summed E-state index contributed by atoms with van der Waals surface area (Å²) in [5.74, 6) is -1.08. The maximum atomic E-state index is 11.8. The molecule has 1 aromatic carbocycles. The highest BCUT2D eigenvalue weighted by Crippen LogP contribution is 2.20. The largest absolute Gasteiger partial charge is 0.478 e. The molecule has 0 unspecified atom stereocenters. The van der Waals surface area contributed by atoms with E-state index in [1.54, 1.807) is 13.0 Å². The molecule has 0 fully saturated rings. The number of nitrogens with one attached hydrogen (secondary N) is 2. The van der Waals surface area contributed by atoms with Crippen LogP contribution in [0.1, 0.15) is 26.8 Å². The molecule has 1 amide bonds. The summed E-state index contributed by atoms with van der Waals surface area (Å²) in [6.45, 7) is 1.67. The maximum absolute atomic E-state index is 11.8. The van der Waals surface area contributed by atoms with Gasteiger partial charge in [-0.1, -0.05) is 15.9 Å². The van der Waals surface area contributed by atoms with Gasteiger partial charge in [0.2, 0.25) is 5.82 Å². The molecule has 0 saturated carbocycles. The minimum Gasteiger partial charge on any atom is -0.478 e. The van der Waals surface area contributed by atoms with Crippen molar-refractivity contribution in [2.75, 3.05) is 5.32 Å². The molecule has 2 rings (SSSR count). The van der Waals surface area contributed by atoms with Gasteiger partial charge in [0.05, 0.1) is 5.56 Å². The SMILES string of the molecule is Cc1nc(C(=O)Nc2cc(Br)cc(C(=O)O)c2)n[nH]1. The number of aromatic carboxylic acids is 1. The Labute approximate surface area is 116 Å². The smallest absolute Gasteiger partial charge is 0.335 e. The number of aromatic nitrogens is 3. The molecule has 0 aliphatic rings. The first-order valence-electron chi connectivity index (χ1n) is 5.20. The molecule has 0 radical (unpaired) electrons. The molecule has 0 aliphatic heterocycles. The van der Waals surface area contributed by atoms with E-state index >= 15 is 0 Å². The number of anilines is 1. The zero-order valence-corrected chi connectivity index (χ0v) is 11.4. The number of carbonyl (C=O) groups excluding carboxylic acids is 1. The lowest BCUT2D eigenvalue weighted by Gasteiger charge is -2.05. The summed E-state index contributed by atoms with van der Waals surface area (Å²) < 4.78 is 0.550. The topological polar surface area (TPSA) is 108 Å². The molecule has 19 heavy (non-hydrogen) atoms. The second-order valence-corrected chi connectivity index (χ2v) is 4.65. The van der Waals surface area contributed by atoms with Gasteiger partial charge < -0.3 is 10.4 Å². The van der Waals surface area contributed by atoms with Crippen LogP contribution >= 0.6 is 15.9 Å². The summed E-state index contributed by atoms with van der Waals surface area (Å²) in [6.07, 6.45) is 0. The lowest BCUT2D eigenvalue weighted by atomic mass is 10.2. The average Bonchev–Trinajstić information content (AvgIpc) is 2.75. The van der Waals surface area contributed by atoms with E-state index in [9.17, 15) is 9.59 Å². The minimum absolute atomic E-state index is 0.00523. The number of benzene rings is 1. The van der Waals surface area contributed by atoms with Crippen LogP contribution in [-0.4, -0.2) is 32.2 Å². The molecular formula is C11H9BrN4O3. The van der Waals surface area contributed by atoms with Crippen molar-refractivity contribution in [3.8, 4) is 0 Å². The van der Waals surface area contributed by atoms with Gasteiger partial charge in [0, 0.05) is 10.2 Å². The Morgan fingerprint density at radius 1 is 1.37 bits per heavy atom. The minimum atomic E-state index is -1.08.